The summed E-state index contributed by atoms with van der Waals surface area (Å²) >= 11 is 0. The van der Waals surface area contributed by atoms with Crippen molar-refractivity contribution >= 4 is 81.6 Å². The van der Waals surface area contributed by atoms with Gasteiger partial charge in [-0.05, 0) is 93.9 Å². The minimum Gasteiger partial charge on any atom is -0.456 e. The van der Waals surface area contributed by atoms with Gasteiger partial charge in [0, 0.05) is 32.3 Å². The minimum atomic E-state index is 0.951. The van der Waals surface area contributed by atoms with Gasteiger partial charge in [0.1, 0.15) is 11.2 Å². The van der Waals surface area contributed by atoms with Crippen LogP contribution in [0.4, 0.5) is 0 Å². The van der Waals surface area contributed by atoms with Gasteiger partial charge in [-0.25, -0.2) is 0 Å². The molecule has 1 aliphatic carbocycles. The maximum atomic E-state index is 6.22. The molecule has 8 aromatic carbocycles. The van der Waals surface area contributed by atoms with E-state index in [1.54, 1.807) is 0 Å². The normalized spacial score (nSPS) is 13.8. The Balaban J connectivity index is 0.000000127. The summed E-state index contributed by atoms with van der Waals surface area (Å²) in [4.78, 5) is 0. The van der Waals surface area contributed by atoms with Crippen LogP contribution in [-0.4, -0.2) is 4.40 Å². The highest BCUT2D eigenvalue weighted by Gasteiger charge is 2.21. The van der Waals surface area contributed by atoms with E-state index in [1.165, 1.54) is 98.2 Å². The van der Waals surface area contributed by atoms with Crippen molar-refractivity contribution in [2.24, 2.45) is 0 Å². The van der Waals surface area contributed by atoms with Crippen LogP contribution in [0.5, 0.6) is 0 Å². The molecule has 0 spiro atoms. The van der Waals surface area contributed by atoms with E-state index in [-0.39, 0.29) is 0 Å². The molecule has 0 saturated heterocycles. The third kappa shape index (κ3) is 3.66. The zero-order valence-corrected chi connectivity index (χ0v) is 27.1. The van der Waals surface area contributed by atoms with Crippen molar-refractivity contribution in [3.63, 3.8) is 0 Å². The quantitative estimate of drug-likeness (QED) is 0.121. The molecule has 0 fully saturated rings. The molecule has 2 heteroatoms. The molecular formula is C47H31NO. The number of furan rings is 1. The second-order valence-corrected chi connectivity index (χ2v) is 13.6. The average molecular weight is 626 g/mol. The van der Waals surface area contributed by atoms with E-state index in [9.17, 15) is 0 Å². The molecule has 12 rings (SSSR count). The van der Waals surface area contributed by atoms with Crippen LogP contribution in [-0.2, 0) is 12.8 Å². The Morgan fingerprint density at radius 2 is 1.12 bits per heavy atom. The summed E-state index contributed by atoms with van der Waals surface area (Å²) in [5.74, 6) is 0. The molecule has 2 nitrogen and oxygen atoms in total. The number of fused-ring (bicyclic) bond motifs is 13. The molecule has 1 aliphatic rings. The first-order chi connectivity index (χ1) is 24.2. The average Bonchev–Trinajstić information content (AvgIpc) is 3.79. The molecule has 0 aliphatic heterocycles. The Labute approximate surface area is 282 Å². The number of para-hydroxylation sites is 2. The number of benzene rings is 8. The van der Waals surface area contributed by atoms with E-state index < -0.39 is 0 Å². The summed E-state index contributed by atoms with van der Waals surface area (Å²) < 4.78 is 8.63. The lowest BCUT2D eigenvalue weighted by Gasteiger charge is -2.19. The van der Waals surface area contributed by atoms with Gasteiger partial charge in [-0.3, -0.25) is 0 Å². The summed E-state index contributed by atoms with van der Waals surface area (Å²) in [5, 5.41) is 13.2. The monoisotopic (exact) mass is 625 g/mol. The Bertz CT molecular complexity index is 3110. The minimum absolute atomic E-state index is 0.951. The Morgan fingerprint density at radius 1 is 0.469 bits per heavy atom. The molecule has 3 aromatic heterocycles. The van der Waals surface area contributed by atoms with Crippen molar-refractivity contribution in [3.8, 4) is 11.1 Å². The van der Waals surface area contributed by atoms with Gasteiger partial charge in [0.2, 0.25) is 0 Å². The van der Waals surface area contributed by atoms with Gasteiger partial charge in [0.05, 0.1) is 16.6 Å². The van der Waals surface area contributed by atoms with Crippen LogP contribution in [0, 0.1) is 6.92 Å². The van der Waals surface area contributed by atoms with Gasteiger partial charge in [-0.15, -0.1) is 0 Å². The Hall–Kier alpha value is -6.12. The van der Waals surface area contributed by atoms with Gasteiger partial charge in [0.15, 0.2) is 0 Å². The fourth-order valence-electron chi connectivity index (χ4n) is 8.86. The van der Waals surface area contributed by atoms with Crippen molar-refractivity contribution in [3.05, 3.63) is 162 Å². The van der Waals surface area contributed by atoms with Crippen LogP contribution < -0.4 is 0 Å². The fourth-order valence-corrected chi connectivity index (χ4v) is 8.86. The van der Waals surface area contributed by atoms with E-state index in [0.717, 1.165) is 24.0 Å². The zero-order valence-electron chi connectivity index (χ0n) is 27.1. The standard InChI is InChI=1S/C28H18O.C19H13N/c1-3-9-18-17(7-1)8-2-4-10-20-19(18)15-16-22-21-11-5-13-24-27(21)28-23(26(20)22)12-6-14-25(28)29-24;1-12-9-10-18-16(11-12)15-7-4-6-14-13-5-2-3-8-17(13)20(18)19(14)15/h1-7,9,11-16H,8,10H2;2-11H,1H3/b4-2+;. The summed E-state index contributed by atoms with van der Waals surface area (Å²) in [6, 6.07) is 48.5. The predicted octanol–water partition coefficient (Wildman–Crippen LogP) is 12.8. The molecule has 0 radical (unpaired) electrons. The van der Waals surface area contributed by atoms with Crippen LogP contribution in [0.15, 0.2) is 150 Å². The summed E-state index contributed by atoms with van der Waals surface area (Å²) in [5.41, 5.74) is 12.8. The Kier molecular flexibility index (Phi) is 5.46. The molecule has 49 heavy (non-hydrogen) atoms. The SMILES string of the molecule is C1=C/Cc2c(ccc3c4cccc5oc6cccc(c23)c6c54)-c2ccccc2C/1.Cc1ccc2c(c1)c1cccc3c4ccccc4n2c31. The highest BCUT2D eigenvalue weighted by atomic mass is 16.3. The topological polar surface area (TPSA) is 17.6 Å². The second kappa shape index (κ2) is 9.95. The molecule has 0 N–H and O–H groups in total. The van der Waals surface area contributed by atoms with E-state index in [4.69, 9.17) is 4.42 Å². The number of hydrogen-bond donors (Lipinski definition) is 0. The lowest BCUT2D eigenvalue weighted by Crippen LogP contribution is -1.98. The van der Waals surface area contributed by atoms with E-state index in [2.05, 4.69) is 157 Å². The van der Waals surface area contributed by atoms with E-state index in [0.29, 0.717) is 0 Å². The predicted molar refractivity (Wildman–Crippen MR) is 208 cm³/mol. The lowest BCUT2D eigenvalue weighted by atomic mass is 9.84. The number of rotatable bonds is 0. The molecule has 230 valence electrons. The smallest absolute Gasteiger partial charge is 0.136 e. The van der Waals surface area contributed by atoms with Crippen molar-refractivity contribution in [1.82, 2.24) is 4.40 Å². The number of aromatic nitrogens is 1. The number of aryl methyl sites for hydroxylation is 1. The van der Waals surface area contributed by atoms with Crippen molar-refractivity contribution in [1.29, 1.82) is 0 Å². The third-order valence-electron chi connectivity index (χ3n) is 10.9. The molecule has 0 unspecified atom stereocenters. The van der Waals surface area contributed by atoms with Gasteiger partial charge in [-0.2, -0.15) is 0 Å². The number of nitrogens with zero attached hydrogens (tertiary/aromatic N) is 1. The van der Waals surface area contributed by atoms with Crippen molar-refractivity contribution < 1.29 is 4.42 Å². The molecular weight excluding hydrogens is 595 g/mol. The molecule has 11 aromatic rings. The molecule has 0 atom stereocenters. The summed E-state index contributed by atoms with van der Waals surface area (Å²) in [6.07, 6.45) is 6.59. The van der Waals surface area contributed by atoms with E-state index >= 15 is 0 Å². The van der Waals surface area contributed by atoms with Crippen LogP contribution in [0.1, 0.15) is 16.7 Å². The highest BCUT2D eigenvalue weighted by Crippen LogP contribution is 2.46. The molecule has 0 amide bonds. The van der Waals surface area contributed by atoms with Crippen LogP contribution >= 0.6 is 0 Å². The van der Waals surface area contributed by atoms with Crippen molar-refractivity contribution in [2.45, 2.75) is 19.8 Å². The largest absolute Gasteiger partial charge is 0.456 e. The van der Waals surface area contributed by atoms with Gasteiger partial charge >= 0.3 is 0 Å². The first kappa shape index (κ1) is 26.9. The van der Waals surface area contributed by atoms with Gasteiger partial charge in [-0.1, -0.05) is 121 Å². The first-order valence-corrected chi connectivity index (χ1v) is 17.2. The van der Waals surface area contributed by atoms with E-state index in [1.807, 2.05) is 0 Å². The summed E-state index contributed by atoms with van der Waals surface area (Å²) in [6.45, 7) is 2.16. The highest BCUT2D eigenvalue weighted by molar-refractivity contribution is 6.34. The van der Waals surface area contributed by atoms with Gasteiger partial charge < -0.3 is 8.82 Å². The maximum absolute atomic E-state index is 6.22. The number of allylic oxidation sites excluding steroid dienone is 2. The van der Waals surface area contributed by atoms with Crippen molar-refractivity contribution in [2.75, 3.05) is 0 Å². The second-order valence-electron chi connectivity index (χ2n) is 13.6. The number of hydrogen-bond acceptors (Lipinski definition) is 1. The van der Waals surface area contributed by atoms with Crippen LogP contribution in [0.3, 0.4) is 0 Å². The summed E-state index contributed by atoms with van der Waals surface area (Å²) in [7, 11) is 0. The fraction of sp³-hybridized carbons (Fsp3) is 0.0638. The van der Waals surface area contributed by atoms with Crippen LogP contribution in [0.25, 0.3) is 92.7 Å². The molecule has 0 bridgehead atoms. The first-order valence-electron chi connectivity index (χ1n) is 17.2. The molecule has 0 saturated carbocycles. The zero-order chi connectivity index (χ0) is 32.2. The lowest BCUT2D eigenvalue weighted by molar-refractivity contribution is 0.669. The van der Waals surface area contributed by atoms with Gasteiger partial charge in [0.25, 0.3) is 0 Å². The maximum Gasteiger partial charge on any atom is 0.136 e. The third-order valence-corrected chi connectivity index (χ3v) is 10.9. The Morgan fingerprint density at radius 3 is 2.02 bits per heavy atom. The van der Waals surface area contributed by atoms with Crippen LogP contribution in [0.2, 0.25) is 0 Å². The molecule has 3 heterocycles.